The van der Waals surface area contributed by atoms with E-state index in [1.165, 1.54) is 24.3 Å². The molecule has 0 aliphatic heterocycles. The van der Waals surface area contributed by atoms with Crippen molar-refractivity contribution in [2.24, 2.45) is 0 Å². The Hall–Kier alpha value is -1.92. The van der Waals surface area contributed by atoms with E-state index in [4.69, 9.17) is 19.7 Å². The highest BCUT2D eigenvalue weighted by Gasteiger charge is 2.25. The SMILES string of the molecule is CC(C)(CCO)OC(=O)c1ccc(C(=O)OC(C)(C)CCO)cc1. The van der Waals surface area contributed by atoms with Gasteiger partial charge in [-0.05, 0) is 52.0 Å². The average molecular weight is 338 g/mol. The molecule has 0 aromatic heterocycles. The number of hydrogen-bond donors (Lipinski definition) is 2. The molecule has 1 aromatic carbocycles. The monoisotopic (exact) mass is 338 g/mol. The summed E-state index contributed by atoms with van der Waals surface area (Å²) in [7, 11) is 0. The molecule has 0 aliphatic rings. The van der Waals surface area contributed by atoms with Gasteiger partial charge in [-0.1, -0.05) is 0 Å². The van der Waals surface area contributed by atoms with Crippen molar-refractivity contribution in [2.45, 2.75) is 51.7 Å². The third-order valence-electron chi connectivity index (χ3n) is 3.52. The van der Waals surface area contributed by atoms with Crippen LogP contribution < -0.4 is 0 Å². The molecule has 0 heterocycles. The first-order valence-electron chi connectivity index (χ1n) is 7.89. The fraction of sp³-hybridized carbons (Fsp3) is 0.556. The zero-order valence-electron chi connectivity index (χ0n) is 14.7. The number of hydrogen-bond acceptors (Lipinski definition) is 6. The summed E-state index contributed by atoms with van der Waals surface area (Å²) in [4.78, 5) is 24.2. The lowest BCUT2D eigenvalue weighted by Crippen LogP contribution is -2.29. The first-order chi connectivity index (χ1) is 11.1. The van der Waals surface area contributed by atoms with Gasteiger partial charge in [0.1, 0.15) is 11.2 Å². The normalized spacial score (nSPS) is 11.9. The van der Waals surface area contributed by atoms with Gasteiger partial charge in [0.25, 0.3) is 0 Å². The molecule has 0 saturated carbocycles. The lowest BCUT2D eigenvalue weighted by atomic mass is 10.1. The summed E-state index contributed by atoms with van der Waals surface area (Å²) >= 11 is 0. The van der Waals surface area contributed by atoms with Crippen molar-refractivity contribution >= 4 is 11.9 Å². The second-order valence-corrected chi connectivity index (χ2v) is 6.82. The van der Waals surface area contributed by atoms with Crippen LogP contribution in [0.5, 0.6) is 0 Å². The molecule has 1 rings (SSSR count). The van der Waals surface area contributed by atoms with E-state index in [1.54, 1.807) is 27.7 Å². The molecule has 0 atom stereocenters. The molecule has 0 aliphatic carbocycles. The Morgan fingerprint density at radius 1 is 0.792 bits per heavy atom. The van der Waals surface area contributed by atoms with Gasteiger partial charge in [-0.15, -0.1) is 0 Å². The van der Waals surface area contributed by atoms with Crippen molar-refractivity contribution in [3.63, 3.8) is 0 Å². The molecule has 6 heteroatoms. The molecule has 1 aromatic rings. The molecule has 0 bridgehead atoms. The molecule has 2 N–H and O–H groups in total. The van der Waals surface area contributed by atoms with Crippen LogP contribution in [0.15, 0.2) is 24.3 Å². The van der Waals surface area contributed by atoms with Crippen LogP contribution in [0.3, 0.4) is 0 Å². The van der Waals surface area contributed by atoms with Gasteiger partial charge in [-0.3, -0.25) is 0 Å². The van der Waals surface area contributed by atoms with Crippen LogP contribution in [-0.4, -0.2) is 46.6 Å². The van der Waals surface area contributed by atoms with Gasteiger partial charge < -0.3 is 19.7 Å². The van der Waals surface area contributed by atoms with E-state index in [0.717, 1.165) is 0 Å². The van der Waals surface area contributed by atoms with Crippen LogP contribution in [0.1, 0.15) is 61.3 Å². The molecule has 0 unspecified atom stereocenters. The van der Waals surface area contributed by atoms with Crippen molar-refractivity contribution < 1.29 is 29.3 Å². The molecule has 0 amide bonds. The Kier molecular flexibility index (Phi) is 6.93. The number of carbonyl (C=O) groups is 2. The maximum atomic E-state index is 12.1. The molecule has 0 saturated heterocycles. The summed E-state index contributed by atoms with van der Waals surface area (Å²) in [5, 5.41) is 17.9. The summed E-state index contributed by atoms with van der Waals surface area (Å²) in [6.45, 7) is 6.72. The minimum absolute atomic E-state index is 0.0747. The van der Waals surface area contributed by atoms with Crippen LogP contribution in [0.4, 0.5) is 0 Å². The molecule has 0 radical (unpaired) electrons. The predicted molar refractivity (Wildman–Crippen MR) is 88.8 cm³/mol. The summed E-state index contributed by atoms with van der Waals surface area (Å²) in [5.74, 6) is -1.04. The maximum absolute atomic E-state index is 12.1. The number of aliphatic hydroxyl groups excluding tert-OH is 2. The highest BCUT2D eigenvalue weighted by Crippen LogP contribution is 2.19. The van der Waals surface area contributed by atoms with Crippen molar-refractivity contribution in [3.05, 3.63) is 35.4 Å². The van der Waals surface area contributed by atoms with Gasteiger partial charge in [-0.25, -0.2) is 9.59 Å². The Bertz CT molecular complexity index is 508. The van der Waals surface area contributed by atoms with Gasteiger partial charge >= 0.3 is 11.9 Å². The highest BCUT2D eigenvalue weighted by atomic mass is 16.6. The number of rotatable bonds is 8. The third kappa shape index (κ3) is 6.29. The minimum atomic E-state index is -0.766. The molecule has 6 nitrogen and oxygen atoms in total. The Balaban J connectivity index is 2.75. The lowest BCUT2D eigenvalue weighted by Gasteiger charge is -2.24. The molecular formula is C18H26O6. The topological polar surface area (TPSA) is 93.1 Å². The third-order valence-corrected chi connectivity index (χ3v) is 3.52. The predicted octanol–water partition coefficient (Wildman–Crippen LogP) is 2.32. The van der Waals surface area contributed by atoms with E-state index in [0.29, 0.717) is 24.0 Å². The van der Waals surface area contributed by atoms with Crippen LogP contribution in [0.2, 0.25) is 0 Å². The Labute approximate surface area is 142 Å². The molecule has 0 spiro atoms. The van der Waals surface area contributed by atoms with Crippen molar-refractivity contribution in [1.29, 1.82) is 0 Å². The van der Waals surface area contributed by atoms with Gasteiger partial charge in [0, 0.05) is 26.1 Å². The molecule has 24 heavy (non-hydrogen) atoms. The van der Waals surface area contributed by atoms with Crippen LogP contribution in [0.25, 0.3) is 0 Å². The van der Waals surface area contributed by atoms with E-state index >= 15 is 0 Å². The summed E-state index contributed by atoms with van der Waals surface area (Å²) in [5.41, 5.74) is -0.908. The summed E-state index contributed by atoms with van der Waals surface area (Å²) < 4.78 is 10.7. The Morgan fingerprint density at radius 3 is 1.33 bits per heavy atom. The number of ether oxygens (including phenoxy) is 2. The van der Waals surface area contributed by atoms with Crippen molar-refractivity contribution in [1.82, 2.24) is 0 Å². The highest BCUT2D eigenvalue weighted by molar-refractivity contribution is 5.93. The van der Waals surface area contributed by atoms with Crippen LogP contribution in [-0.2, 0) is 9.47 Å². The zero-order valence-corrected chi connectivity index (χ0v) is 14.7. The first-order valence-corrected chi connectivity index (χ1v) is 7.89. The van der Waals surface area contributed by atoms with Gasteiger partial charge in [0.05, 0.1) is 11.1 Å². The van der Waals surface area contributed by atoms with E-state index in [-0.39, 0.29) is 13.2 Å². The number of aliphatic hydroxyl groups is 2. The number of benzene rings is 1. The van der Waals surface area contributed by atoms with E-state index in [9.17, 15) is 9.59 Å². The van der Waals surface area contributed by atoms with Gasteiger partial charge in [0.2, 0.25) is 0 Å². The maximum Gasteiger partial charge on any atom is 0.338 e. The number of esters is 2. The summed E-state index contributed by atoms with van der Waals surface area (Å²) in [6.07, 6.45) is 0.673. The fourth-order valence-corrected chi connectivity index (χ4v) is 2.00. The van der Waals surface area contributed by atoms with Crippen molar-refractivity contribution in [2.75, 3.05) is 13.2 Å². The quantitative estimate of drug-likeness (QED) is 0.707. The second kappa shape index (κ2) is 8.26. The largest absolute Gasteiger partial charge is 0.456 e. The molecular weight excluding hydrogens is 312 g/mol. The second-order valence-electron chi connectivity index (χ2n) is 6.82. The fourth-order valence-electron chi connectivity index (χ4n) is 2.00. The smallest absolute Gasteiger partial charge is 0.338 e. The minimum Gasteiger partial charge on any atom is -0.456 e. The standard InChI is InChI=1S/C18H26O6/c1-17(2,9-11-19)23-15(21)13-5-7-14(8-6-13)16(22)24-18(3,4)10-12-20/h5-8,19-20H,9-12H2,1-4H3. The zero-order chi connectivity index (χ0) is 18.4. The van der Waals surface area contributed by atoms with Crippen LogP contribution in [0, 0.1) is 0 Å². The van der Waals surface area contributed by atoms with E-state index in [1.807, 2.05) is 0 Å². The van der Waals surface area contributed by atoms with E-state index in [2.05, 4.69) is 0 Å². The van der Waals surface area contributed by atoms with Crippen LogP contribution >= 0.6 is 0 Å². The summed E-state index contributed by atoms with van der Waals surface area (Å²) in [6, 6.07) is 5.97. The van der Waals surface area contributed by atoms with Gasteiger partial charge in [0.15, 0.2) is 0 Å². The molecule has 134 valence electrons. The van der Waals surface area contributed by atoms with E-state index < -0.39 is 23.1 Å². The molecule has 0 fully saturated rings. The lowest BCUT2D eigenvalue weighted by molar-refractivity contribution is -0.0124. The average Bonchev–Trinajstić information content (AvgIpc) is 2.46. The first kappa shape index (κ1) is 20.1. The van der Waals surface area contributed by atoms with Gasteiger partial charge in [-0.2, -0.15) is 0 Å². The Morgan fingerprint density at radius 2 is 1.08 bits per heavy atom. The number of carbonyl (C=O) groups excluding carboxylic acids is 2. The van der Waals surface area contributed by atoms with Crippen molar-refractivity contribution in [3.8, 4) is 0 Å².